The first-order valence-electron chi connectivity index (χ1n) is 4.95. The fraction of sp³-hybridized carbons (Fsp3) is 0.727. The molecule has 0 fully saturated rings. The van der Waals surface area contributed by atoms with Crippen LogP contribution in [0.4, 0.5) is 0 Å². The van der Waals surface area contributed by atoms with Gasteiger partial charge in [-0.2, -0.15) is 0 Å². The maximum absolute atomic E-state index is 10.1. The van der Waals surface area contributed by atoms with E-state index in [2.05, 4.69) is 18.8 Å². The van der Waals surface area contributed by atoms with Crippen LogP contribution in [0.3, 0.4) is 0 Å². The molecule has 2 nitrogen and oxygen atoms in total. The fourth-order valence-corrected chi connectivity index (χ4v) is 1.04. The lowest BCUT2D eigenvalue weighted by Crippen LogP contribution is -1.89. The number of carboxylic acids is 1. The highest BCUT2D eigenvalue weighted by atomic mass is 16.4. The molecule has 0 aromatic carbocycles. The summed E-state index contributed by atoms with van der Waals surface area (Å²) in [6.07, 6.45) is 6.97. The van der Waals surface area contributed by atoms with Crippen LogP contribution >= 0.6 is 0 Å². The van der Waals surface area contributed by atoms with E-state index >= 15 is 0 Å². The Kier molecular flexibility index (Phi) is 8.44. The lowest BCUT2D eigenvalue weighted by Gasteiger charge is -1.94. The van der Waals surface area contributed by atoms with Crippen LogP contribution < -0.4 is 0 Å². The van der Waals surface area contributed by atoms with E-state index in [0.29, 0.717) is 0 Å². The van der Waals surface area contributed by atoms with Crippen LogP contribution in [-0.2, 0) is 4.79 Å². The van der Waals surface area contributed by atoms with Gasteiger partial charge in [-0.1, -0.05) is 38.5 Å². The first kappa shape index (κ1) is 12.0. The third-order valence-corrected chi connectivity index (χ3v) is 1.77. The number of unbranched alkanes of at least 4 members (excludes halogenated alkanes) is 5. The van der Waals surface area contributed by atoms with E-state index in [-0.39, 0.29) is 6.42 Å². The molecule has 0 unspecified atom stereocenters. The molecule has 74 valence electrons. The molecule has 1 N–H and O–H groups in total. The molecule has 2 heteroatoms. The quantitative estimate of drug-likeness (QED) is 0.506. The topological polar surface area (TPSA) is 37.3 Å². The van der Waals surface area contributed by atoms with E-state index in [1.54, 1.807) is 0 Å². The SMILES string of the molecule is CCCCCCCC#CCC(=O)O. The second-order valence-corrected chi connectivity index (χ2v) is 3.09. The highest BCUT2D eigenvalue weighted by molar-refractivity contribution is 5.69. The average molecular weight is 182 g/mol. The van der Waals surface area contributed by atoms with Crippen molar-refractivity contribution in [3.63, 3.8) is 0 Å². The summed E-state index contributed by atoms with van der Waals surface area (Å²) in [6, 6.07) is 0. The van der Waals surface area contributed by atoms with Crippen LogP contribution in [0, 0.1) is 11.8 Å². The summed E-state index contributed by atoms with van der Waals surface area (Å²) in [5.74, 6) is 4.65. The minimum atomic E-state index is -0.835. The number of carbonyl (C=O) groups is 1. The number of hydrogen-bond donors (Lipinski definition) is 1. The van der Waals surface area contributed by atoms with Crippen molar-refractivity contribution in [2.24, 2.45) is 0 Å². The molecule has 13 heavy (non-hydrogen) atoms. The Bertz CT molecular complexity index is 186. The Morgan fingerprint density at radius 1 is 1.15 bits per heavy atom. The average Bonchev–Trinajstić information content (AvgIpc) is 2.09. The summed E-state index contributed by atoms with van der Waals surface area (Å²) < 4.78 is 0. The van der Waals surface area contributed by atoms with Crippen molar-refractivity contribution >= 4 is 5.97 Å². The molecule has 0 aromatic rings. The van der Waals surface area contributed by atoms with E-state index in [1.165, 1.54) is 25.7 Å². The molecule has 0 radical (unpaired) electrons. The zero-order valence-corrected chi connectivity index (χ0v) is 8.31. The van der Waals surface area contributed by atoms with Gasteiger partial charge in [0.25, 0.3) is 0 Å². The molecule has 0 atom stereocenters. The van der Waals surface area contributed by atoms with Gasteiger partial charge in [-0.3, -0.25) is 4.79 Å². The Hall–Kier alpha value is -0.970. The predicted molar refractivity (Wildman–Crippen MR) is 53.4 cm³/mol. The van der Waals surface area contributed by atoms with Crippen LogP contribution in [0.5, 0.6) is 0 Å². The molecule has 0 saturated heterocycles. The van der Waals surface area contributed by atoms with Gasteiger partial charge >= 0.3 is 5.97 Å². The Morgan fingerprint density at radius 2 is 1.85 bits per heavy atom. The van der Waals surface area contributed by atoms with E-state index < -0.39 is 5.97 Å². The summed E-state index contributed by atoms with van der Waals surface area (Å²) in [4.78, 5) is 10.1. The molecule has 0 aliphatic carbocycles. The van der Waals surface area contributed by atoms with Gasteiger partial charge in [-0.15, -0.1) is 5.92 Å². The van der Waals surface area contributed by atoms with Gasteiger partial charge < -0.3 is 5.11 Å². The largest absolute Gasteiger partial charge is 0.481 e. The smallest absolute Gasteiger partial charge is 0.315 e. The van der Waals surface area contributed by atoms with Crippen molar-refractivity contribution in [1.82, 2.24) is 0 Å². The molecule has 0 amide bonds. The minimum absolute atomic E-state index is 0.0189. The van der Waals surface area contributed by atoms with Crippen LogP contribution in [0.25, 0.3) is 0 Å². The lowest BCUT2D eigenvalue weighted by molar-refractivity contribution is -0.135. The van der Waals surface area contributed by atoms with E-state index in [1.807, 2.05) is 0 Å². The second kappa shape index (κ2) is 9.12. The zero-order chi connectivity index (χ0) is 9.94. The van der Waals surface area contributed by atoms with Crippen molar-refractivity contribution in [2.75, 3.05) is 0 Å². The zero-order valence-electron chi connectivity index (χ0n) is 8.31. The fourth-order valence-electron chi connectivity index (χ4n) is 1.04. The standard InChI is InChI=1S/C11H18O2/c1-2-3-4-5-6-7-8-9-10-11(12)13/h2-7,10H2,1H3,(H,12,13). The number of hydrogen-bond acceptors (Lipinski definition) is 1. The van der Waals surface area contributed by atoms with Crippen molar-refractivity contribution in [3.8, 4) is 11.8 Å². The maximum Gasteiger partial charge on any atom is 0.315 e. The van der Waals surface area contributed by atoms with Gasteiger partial charge in [0.1, 0.15) is 6.42 Å². The molecule has 0 aromatic heterocycles. The summed E-state index contributed by atoms with van der Waals surface area (Å²) in [5.41, 5.74) is 0. The number of carboxylic acid groups (broad SMARTS) is 1. The molecule has 0 heterocycles. The monoisotopic (exact) mass is 182 g/mol. The third-order valence-electron chi connectivity index (χ3n) is 1.77. The van der Waals surface area contributed by atoms with E-state index in [9.17, 15) is 4.79 Å². The molecular weight excluding hydrogens is 164 g/mol. The Labute approximate surface area is 80.3 Å². The van der Waals surface area contributed by atoms with Gasteiger partial charge in [0.05, 0.1) is 0 Å². The van der Waals surface area contributed by atoms with Gasteiger partial charge in [-0.25, -0.2) is 0 Å². The summed E-state index contributed by atoms with van der Waals surface area (Å²) >= 11 is 0. The minimum Gasteiger partial charge on any atom is -0.481 e. The predicted octanol–water partition coefficient (Wildman–Crippen LogP) is 2.83. The first-order valence-corrected chi connectivity index (χ1v) is 4.95. The van der Waals surface area contributed by atoms with Crippen LogP contribution in [-0.4, -0.2) is 11.1 Å². The molecular formula is C11H18O2. The third kappa shape index (κ3) is 11.0. The number of aliphatic carboxylic acids is 1. The van der Waals surface area contributed by atoms with Crippen LogP contribution in [0.1, 0.15) is 51.9 Å². The normalized spacial score (nSPS) is 9.00. The molecule has 0 spiro atoms. The van der Waals surface area contributed by atoms with Crippen molar-refractivity contribution in [3.05, 3.63) is 0 Å². The van der Waals surface area contributed by atoms with E-state index in [4.69, 9.17) is 5.11 Å². The highest BCUT2D eigenvalue weighted by Crippen LogP contribution is 2.03. The van der Waals surface area contributed by atoms with Gasteiger partial charge in [0.15, 0.2) is 0 Å². The summed E-state index contributed by atoms with van der Waals surface area (Å²) in [7, 11) is 0. The summed E-state index contributed by atoms with van der Waals surface area (Å²) in [6.45, 7) is 2.19. The summed E-state index contributed by atoms with van der Waals surface area (Å²) in [5, 5.41) is 8.28. The van der Waals surface area contributed by atoms with Crippen LogP contribution in [0.2, 0.25) is 0 Å². The first-order chi connectivity index (χ1) is 6.27. The highest BCUT2D eigenvalue weighted by Gasteiger charge is 1.88. The van der Waals surface area contributed by atoms with Crippen molar-refractivity contribution < 1.29 is 9.90 Å². The molecule has 0 bridgehead atoms. The van der Waals surface area contributed by atoms with Gasteiger partial charge in [0.2, 0.25) is 0 Å². The van der Waals surface area contributed by atoms with Gasteiger partial charge in [-0.05, 0) is 6.42 Å². The molecule has 0 aliphatic rings. The Morgan fingerprint density at radius 3 is 2.46 bits per heavy atom. The van der Waals surface area contributed by atoms with Gasteiger partial charge in [0, 0.05) is 6.42 Å². The van der Waals surface area contributed by atoms with Crippen molar-refractivity contribution in [1.29, 1.82) is 0 Å². The molecule has 0 rings (SSSR count). The lowest BCUT2D eigenvalue weighted by atomic mass is 10.1. The van der Waals surface area contributed by atoms with Crippen molar-refractivity contribution in [2.45, 2.75) is 51.9 Å². The second-order valence-electron chi connectivity index (χ2n) is 3.09. The van der Waals surface area contributed by atoms with E-state index in [0.717, 1.165) is 12.8 Å². The molecule has 0 saturated carbocycles. The van der Waals surface area contributed by atoms with Crippen LogP contribution in [0.15, 0.2) is 0 Å². The maximum atomic E-state index is 10.1. The Balaban J connectivity index is 3.13. The number of rotatable bonds is 6. The molecule has 0 aliphatic heterocycles.